The first-order valence-corrected chi connectivity index (χ1v) is 8.85. The summed E-state index contributed by atoms with van der Waals surface area (Å²) in [6.07, 6.45) is 0. The number of nitrogens with zero attached hydrogens (tertiary/aromatic N) is 3. The molecular formula is C18H16N4O2S. The summed E-state index contributed by atoms with van der Waals surface area (Å²) in [5.41, 5.74) is 2.71. The molecule has 4 rings (SSSR count). The van der Waals surface area contributed by atoms with E-state index >= 15 is 0 Å². The van der Waals surface area contributed by atoms with E-state index in [4.69, 9.17) is 4.74 Å². The molecule has 2 aromatic carbocycles. The highest BCUT2D eigenvalue weighted by molar-refractivity contribution is 8.00. The minimum atomic E-state index is -0.492. The van der Waals surface area contributed by atoms with Crippen LogP contribution >= 0.6 is 11.8 Å². The Morgan fingerprint density at radius 3 is 2.76 bits per heavy atom. The van der Waals surface area contributed by atoms with E-state index in [-0.39, 0.29) is 5.97 Å². The van der Waals surface area contributed by atoms with Gasteiger partial charge in [0.2, 0.25) is 5.78 Å². The number of aromatic nitrogens is 4. The highest BCUT2D eigenvalue weighted by Crippen LogP contribution is 2.36. The van der Waals surface area contributed by atoms with Crippen LogP contribution in [0.5, 0.6) is 0 Å². The lowest BCUT2D eigenvalue weighted by molar-refractivity contribution is -0.142. The minimum absolute atomic E-state index is 0.278. The Bertz CT molecular complexity index is 1030. The van der Waals surface area contributed by atoms with Crippen LogP contribution in [0.15, 0.2) is 59.8 Å². The molecule has 4 aromatic rings. The Hall–Kier alpha value is -2.80. The molecule has 6 nitrogen and oxygen atoms in total. The van der Waals surface area contributed by atoms with E-state index < -0.39 is 5.25 Å². The van der Waals surface area contributed by atoms with Gasteiger partial charge in [-0.25, -0.2) is 10.1 Å². The van der Waals surface area contributed by atoms with Gasteiger partial charge in [0, 0.05) is 0 Å². The maximum absolute atomic E-state index is 12.5. The maximum atomic E-state index is 12.5. The number of imidazole rings is 1. The van der Waals surface area contributed by atoms with Gasteiger partial charge in [0.1, 0.15) is 5.25 Å². The molecule has 0 saturated carbocycles. The standard InChI is InChI=1S/C18H16N4O2S/c1-2-24-16(23)15(12-8-4-3-5-9-12)25-18-21-20-17-19-13-10-6-7-11-14(13)22(17)18/h3-11,15H,2H2,1H3,(H,19,20)/t15-/m1/s1. The number of aromatic amines is 1. The van der Waals surface area contributed by atoms with Gasteiger partial charge < -0.3 is 4.74 Å². The Kier molecular flexibility index (Phi) is 4.15. The fraction of sp³-hybridized carbons (Fsp3) is 0.167. The number of nitrogens with one attached hydrogen (secondary N) is 1. The van der Waals surface area contributed by atoms with Gasteiger partial charge in [-0.1, -0.05) is 54.2 Å². The number of para-hydroxylation sites is 2. The topological polar surface area (TPSA) is 72.3 Å². The van der Waals surface area contributed by atoms with Crippen molar-refractivity contribution < 1.29 is 9.53 Å². The summed E-state index contributed by atoms with van der Waals surface area (Å²) in [7, 11) is 0. The molecule has 2 aromatic heterocycles. The molecule has 0 radical (unpaired) electrons. The number of carbonyl (C=O) groups is 1. The zero-order valence-electron chi connectivity index (χ0n) is 13.5. The molecule has 25 heavy (non-hydrogen) atoms. The van der Waals surface area contributed by atoms with Gasteiger partial charge in [-0.15, -0.1) is 5.10 Å². The van der Waals surface area contributed by atoms with E-state index in [0.717, 1.165) is 16.6 Å². The second kappa shape index (κ2) is 6.60. The van der Waals surface area contributed by atoms with Gasteiger partial charge in [0.25, 0.3) is 0 Å². The van der Waals surface area contributed by atoms with Crippen LogP contribution in [0.3, 0.4) is 0 Å². The van der Waals surface area contributed by atoms with Gasteiger partial charge in [0.15, 0.2) is 5.16 Å². The second-order valence-corrected chi connectivity index (χ2v) is 6.50. The third kappa shape index (κ3) is 2.87. The summed E-state index contributed by atoms with van der Waals surface area (Å²) in [5, 5.41) is 7.46. The third-order valence-corrected chi connectivity index (χ3v) is 5.01. The van der Waals surface area contributed by atoms with Crippen molar-refractivity contribution in [1.82, 2.24) is 19.6 Å². The van der Waals surface area contributed by atoms with Crippen molar-refractivity contribution in [2.75, 3.05) is 6.61 Å². The van der Waals surface area contributed by atoms with E-state index in [0.29, 0.717) is 17.5 Å². The smallest absolute Gasteiger partial charge is 0.324 e. The van der Waals surface area contributed by atoms with E-state index in [1.165, 1.54) is 11.8 Å². The summed E-state index contributed by atoms with van der Waals surface area (Å²) < 4.78 is 7.19. The first kappa shape index (κ1) is 15.7. The van der Waals surface area contributed by atoms with Crippen molar-refractivity contribution in [3.63, 3.8) is 0 Å². The van der Waals surface area contributed by atoms with Crippen molar-refractivity contribution in [2.45, 2.75) is 17.3 Å². The number of thioether (sulfide) groups is 1. The Labute approximate surface area is 148 Å². The monoisotopic (exact) mass is 352 g/mol. The predicted octanol–water partition coefficient (Wildman–Crippen LogP) is 3.61. The summed E-state index contributed by atoms with van der Waals surface area (Å²) in [6, 6.07) is 17.4. The first-order chi connectivity index (χ1) is 12.3. The Balaban J connectivity index is 1.77. The summed E-state index contributed by atoms with van der Waals surface area (Å²) >= 11 is 1.35. The fourth-order valence-corrected chi connectivity index (χ4v) is 3.78. The molecule has 0 unspecified atom stereocenters. The maximum Gasteiger partial charge on any atom is 0.324 e. The SMILES string of the molecule is CCOC(=O)[C@H](Sc1n[nH]c2nc3ccccc3n12)c1ccccc1. The van der Waals surface area contributed by atoms with Crippen molar-refractivity contribution in [3.8, 4) is 0 Å². The number of carbonyl (C=O) groups excluding carboxylic acids is 1. The van der Waals surface area contributed by atoms with Crippen LogP contribution in [-0.4, -0.2) is 32.2 Å². The van der Waals surface area contributed by atoms with Gasteiger partial charge in [0.05, 0.1) is 17.6 Å². The van der Waals surface area contributed by atoms with Crippen LogP contribution in [0.1, 0.15) is 17.7 Å². The van der Waals surface area contributed by atoms with E-state index in [2.05, 4.69) is 15.2 Å². The van der Waals surface area contributed by atoms with Crippen LogP contribution in [0.4, 0.5) is 0 Å². The molecule has 0 fully saturated rings. The molecule has 0 amide bonds. The predicted molar refractivity (Wildman–Crippen MR) is 96.5 cm³/mol. The van der Waals surface area contributed by atoms with Gasteiger partial charge >= 0.3 is 5.97 Å². The summed E-state index contributed by atoms with van der Waals surface area (Å²) in [6.45, 7) is 2.15. The second-order valence-electron chi connectivity index (χ2n) is 5.43. The average Bonchev–Trinajstić information content (AvgIpc) is 3.20. The fourth-order valence-electron chi connectivity index (χ4n) is 2.72. The summed E-state index contributed by atoms with van der Waals surface area (Å²) in [5.74, 6) is 0.374. The van der Waals surface area contributed by atoms with Crippen LogP contribution in [0, 0.1) is 0 Å². The van der Waals surface area contributed by atoms with Gasteiger partial charge in [-0.05, 0) is 24.6 Å². The molecule has 0 aliphatic rings. The molecule has 7 heteroatoms. The lowest BCUT2D eigenvalue weighted by Gasteiger charge is -2.14. The van der Waals surface area contributed by atoms with E-state index in [1.54, 1.807) is 6.92 Å². The van der Waals surface area contributed by atoms with Crippen LogP contribution in [0.25, 0.3) is 16.8 Å². The zero-order valence-corrected chi connectivity index (χ0v) is 14.4. The molecule has 0 spiro atoms. The van der Waals surface area contributed by atoms with Crippen molar-refractivity contribution >= 4 is 34.5 Å². The minimum Gasteiger partial charge on any atom is -0.465 e. The average molecular weight is 352 g/mol. The Morgan fingerprint density at radius 1 is 1.20 bits per heavy atom. The highest BCUT2D eigenvalue weighted by atomic mass is 32.2. The number of hydrogen-bond acceptors (Lipinski definition) is 5. The Morgan fingerprint density at radius 2 is 1.96 bits per heavy atom. The zero-order chi connectivity index (χ0) is 17.2. The van der Waals surface area contributed by atoms with Crippen LogP contribution in [-0.2, 0) is 9.53 Å². The quantitative estimate of drug-likeness (QED) is 0.439. The summed E-state index contributed by atoms with van der Waals surface area (Å²) in [4.78, 5) is 17.0. The number of H-pyrrole nitrogens is 1. The number of fused-ring (bicyclic) bond motifs is 3. The third-order valence-electron chi connectivity index (χ3n) is 3.83. The number of rotatable bonds is 5. The molecule has 0 bridgehead atoms. The van der Waals surface area contributed by atoms with E-state index in [9.17, 15) is 4.79 Å². The molecule has 0 saturated heterocycles. The van der Waals surface area contributed by atoms with Crippen molar-refractivity contribution in [1.29, 1.82) is 0 Å². The number of hydrogen-bond donors (Lipinski definition) is 1. The molecule has 2 heterocycles. The molecule has 126 valence electrons. The van der Waals surface area contributed by atoms with Crippen molar-refractivity contribution in [2.24, 2.45) is 0 Å². The lowest BCUT2D eigenvalue weighted by Crippen LogP contribution is -2.13. The largest absolute Gasteiger partial charge is 0.465 e. The number of ether oxygens (including phenoxy) is 1. The number of esters is 1. The van der Waals surface area contributed by atoms with Crippen LogP contribution < -0.4 is 0 Å². The molecule has 0 aliphatic carbocycles. The lowest BCUT2D eigenvalue weighted by atomic mass is 10.1. The molecule has 1 N–H and O–H groups in total. The normalized spacial score (nSPS) is 12.5. The van der Waals surface area contributed by atoms with Crippen molar-refractivity contribution in [3.05, 3.63) is 60.2 Å². The van der Waals surface area contributed by atoms with Gasteiger partial charge in [-0.2, -0.15) is 0 Å². The van der Waals surface area contributed by atoms with Crippen LogP contribution in [0.2, 0.25) is 0 Å². The number of benzene rings is 2. The first-order valence-electron chi connectivity index (χ1n) is 7.97. The highest BCUT2D eigenvalue weighted by Gasteiger charge is 2.26. The molecule has 0 aliphatic heterocycles. The van der Waals surface area contributed by atoms with E-state index in [1.807, 2.05) is 59.0 Å². The molecule has 1 atom stereocenters. The molecular weight excluding hydrogens is 336 g/mol. The van der Waals surface area contributed by atoms with Gasteiger partial charge in [-0.3, -0.25) is 9.20 Å².